The molecule has 1 rings (SSSR count). The van der Waals surface area contributed by atoms with Crippen molar-refractivity contribution in [2.24, 2.45) is 0 Å². The molecule has 0 radical (unpaired) electrons. The van der Waals surface area contributed by atoms with Gasteiger partial charge >= 0.3 is 0 Å². The molecule has 0 unspecified atom stereocenters. The molecule has 0 N–H and O–H groups in total. The Morgan fingerprint density at radius 1 is 1.56 bits per heavy atom. The summed E-state index contributed by atoms with van der Waals surface area (Å²) in [5, 5.41) is 9.30. The second-order valence-corrected chi connectivity index (χ2v) is 3.92. The maximum absolute atomic E-state index is 8.79. The summed E-state index contributed by atoms with van der Waals surface area (Å²) >= 11 is 6.00. The van der Waals surface area contributed by atoms with E-state index >= 15 is 0 Å². The highest BCUT2D eigenvalue weighted by molar-refractivity contribution is 6.32. The third-order valence-electron chi connectivity index (χ3n) is 2.28. The molecular formula is C13H15ClN2. The standard InChI is InChI=1S/C13H15ClN2/c1-3-7-16(8-4-2)12-6-5-11(10-15)13(14)9-12/h3,5-6,9H,1,4,7-8H2,2H3. The smallest absolute Gasteiger partial charge is 0.101 e. The van der Waals surface area contributed by atoms with Crippen LogP contribution < -0.4 is 4.90 Å². The van der Waals surface area contributed by atoms with E-state index in [1.165, 1.54) is 0 Å². The van der Waals surface area contributed by atoms with Gasteiger partial charge in [-0.1, -0.05) is 24.6 Å². The fourth-order valence-corrected chi connectivity index (χ4v) is 1.76. The average molecular weight is 235 g/mol. The van der Waals surface area contributed by atoms with Gasteiger partial charge in [-0.15, -0.1) is 6.58 Å². The second kappa shape index (κ2) is 6.19. The van der Waals surface area contributed by atoms with Crippen LogP contribution in [0.1, 0.15) is 18.9 Å². The summed E-state index contributed by atoms with van der Waals surface area (Å²) in [6.45, 7) is 7.60. The van der Waals surface area contributed by atoms with Gasteiger partial charge in [0, 0.05) is 18.8 Å². The van der Waals surface area contributed by atoms with E-state index in [9.17, 15) is 0 Å². The van der Waals surface area contributed by atoms with Crippen molar-refractivity contribution < 1.29 is 0 Å². The number of nitrogens with zero attached hydrogens (tertiary/aromatic N) is 2. The van der Waals surface area contributed by atoms with Crippen LogP contribution in [0.2, 0.25) is 5.02 Å². The van der Waals surface area contributed by atoms with Gasteiger partial charge in [0.2, 0.25) is 0 Å². The first-order chi connectivity index (χ1) is 7.72. The molecule has 0 saturated carbocycles. The fraction of sp³-hybridized carbons (Fsp3) is 0.308. The zero-order valence-electron chi connectivity index (χ0n) is 9.41. The lowest BCUT2D eigenvalue weighted by molar-refractivity contribution is 0.816. The predicted octanol–water partition coefficient (Wildman–Crippen LogP) is 3.61. The quantitative estimate of drug-likeness (QED) is 0.728. The largest absolute Gasteiger partial charge is 0.368 e. The molecule has 0 amide bonds. The van der Waals surface area contributed by atoms with Crippen LogP contribution in [0.4, 0.5) is 5.69 Å². The summed E-state index contributed by atoms with van der Waals surface area (Å²) in [6, 6.07) is 7.56. The second-order valence-electron chi connectivity index (χ2n) is 3.51. The van der Waals surface area contributed by atoms with Gasteiger partial charge in [-0.25, -0.2) is 0 Å². The Morgan fingerprint density at radius 3 is 2.81 bits per heavy atom. The van der Waals surface area contributed by atoms with Crippen molar-refractivity contribution in [2.45, 2.75) is 13.3 Å². The minimum absolute atomic E-state index is 0.505. The zero-order chi connectivity index (χ0) is 12.0. The molecule has 3 heteroatoms. The lowest BCUT2D eigenvalue weighted by Crippen LogP contribution is -2.23. The number of benzene rings is 1. The summed E-state index contributed by atoms with van der Waals surface area (Å²) in [5.41, 5.74) is 1.55. The van der Waals surface area contributed by atoms with E-state index in [4.69, 9.17) is 16.9 Å². The van der Waals surface area contributed by atoms with E-state index in [2.05, 4.69) is 24.5 Å². The number of hydrogen-bond acceptors (Lipinski definition) is 2. The molecule has 0 aliphatic carbocycles. The summed E-state index contributed by atoms with van der Waals surface area (Å²) in [4.78, 5) is 2.18. The highest BCUT2D eigenvalue weighted by atomic mass is 35.5. The van der Waals surface area contributed by atoms with Crippen LogP contribution in [0.5, 0.6) is 0 Å². The van der Waals surface area contributed by atoms with Crippen LogP contribution >= 0.6 is 11.6 Å². The van der Waals surface area contributed by atoms with Gasteiger partial charge in [0.15, 0.2) is 0 Å². The van der Waals surface area contributed by atoms with E-state index in [-0.39, 0.29) is 0 Å². The first-order valence-corrected chi connectivity index (χ1v) is 5.66. The summed E-state index contributed by atoms with van der Waals surface area (Å²) < 4.78 is 0. The minimum atomic E-state index is 0.505. The normalized spacial score (nSPS) is 9.56. The fourth-order valence-electron chi connectivity index (χ4n) is 1.54. The van der Waals surface area contributed by atoms with Gasteiger partial charge in [0.1, 0.15) is 6.07 Å². The minimum Gasteiger partial charge on any atom is -0.368 e. The topological polar surface area (TPSA) is 27.0 Å². The number of rotatable bonds is 5. The van der Waals surface area contributed by atoms with Crippen molar-refractivity contribution in [2.75, 3.05) is 18.0 Å². The molecule has 84 valence electrons. The predicted molar refractivity (Wildman–Crippen MR) is 68.9 cm³/mol. The Kier molecular flexibility index (Phi) is 4.88. The third-order valence-corrected chi connectivity index (χ3v) is 2.59. The molecular weight excluding hydrogens is 220 g/mol. The van der Waals surface area contributed by atoms with E-state index in [1.807, 2.05) is 18.2 Å². The lowest BCUT2D eigenvalue weighted by Gasteiger charge is -2.22. The molecule has 2 nitrogen and oxygen atoms in total. The summed E-state index contributed by atoms with van der Waals surface area (Å²) in [5.74, 6) is 0. The molecule has 0 fully saturated rings. The number of anilines is 1. The van der Waals surface area contributed by atoms with Crippen LogP contribution in [-0.2, 0) is 0 Å². The molecule has 0 bridgehead atoms. The van der Waals surface area contributed by atoms with Crippen molar-refractivity contribution >= 4 is 17.3 Å². The van der Waals surface area contributed by atoms with Crippen LogP contribution in [0.25, 0.3) is 0 Å². The molecule has 1 aromatic carbocycles. The van der Waals surface area contributed by atoms with E-state index in [0.29, 0.717) is 10.6 Å². The molecule has 0 aliphatic rings. The molecule has 1 aromatic rings. The van der Waals surface area contributed by atoms with Crippen molar-refractivity contribution in [1.29, 1.82) is 5.26 Å². The van der Waals surface area contributed by atoms with Gasteiger partial charge < -0.3 is 4.90 Å². The highest BCUT2D eigenvalue weighted by Gasteiger charge is 2.06. The highest BCUT2D eigenvalue weighted by Crippen LogP contribution is 2.23. The van der Waals surface area contributed by atoms with Crippen molar-refractivity contribution in [1.82, 2.24) is 0 Å². The maximum atomic E-state index is 8.79. The first-order valence-electron chi connectivity index (χ1n) is 5.28. The van der Waals surface area contributed by atoms with Crippen LogP contribution in [-0.4, -0.2) is 13.1 Å². The lowest BCUT2D eigenvalue weighted by atomic mass is 10.2. The third kappa shape index (κ3) is 3.01. The van der Waals surface area contributed by atoms with E-state index in [0.717, 1.165) is 25.2 Å². The van der Waals surface area contributed by atoms with Gasteiger partial charge in [0.25, 0.3) is 0 Å². The van der Waals surface area contributed by atoms with Gasteiger partial charge in [-0.05, 0) is 24.6 Å². The molecule has 0 atom stereocenters. The van der Waals surface area contributed by atoms with E-state index in [1.54, 1.807) is 6.07 Å². The molecule has 16 heavy (non-hydrogen) atoms. The monoisotopic (exact) mass is 234 g/mol. The summed E-state index contributed by atoms with van der Waals surface area (Å²) in [6.07, 6.45) is 2.92. The number of halogens is 1. The average Bonchev–Trinajstić information content (AvgIpc) is 2.28. The number of nitriles is 1. The van der Waals surface area contributed by atoms with Crippen LogP contribution in [0.15, 0.2) is 30.9 Å². The molecule has 0 spiro atoms. The number of hydrogen-bond donors (Lipinski definition) is 0. The van der Waals surface area contributed by atoms with Gasteiger partial charge in [-0.2, -0.15) is 5.26 Å². The summed E-state index contributed by atoms with van der Waals surface area (Å²) in [7, 11) is 0. The SMILES string of the molecule is C=CCN(CCC)c1ccc(C#N)c(Cl)c1. The van der Waals surface area contributed by atoms with Gasteiger partial charge in [-0.3, -0.25) is 0 Å². The molecule has 0 saturated heterocycles. The zero-order valence-corrected chi connectivity index (χ0v) is 10.2. The van der Waals surface area contributed by atoms with E-state index < -0.39 is 0 Å². The maximum Gasteiger partial charge on any atom is 0.101 e. The Balaban J connectivity index is 2.97. The van der Waals surface area contributed by atoms with Crippen LogP contribution in [0.3, 0.4) is 0 Å². The Bertz CT molecular complexity index is 407. The Hall–Kier alpha value is -1.46. The first kappa shape index (κ1) is 12.6. The molecule has 0 aromatic heterocycles. The van der Waals surface area contributed by atoms with Crippen LogP contribution in [0, 0.1) is 11.3 Å². The molecule has 0 heterocycles. The molecule has 0 aliphatic heterocycles. The van der Waals surface area contributed by atoms with Crippen molar-refractivity contribution in [3.05, 3.63) is 41.4 Å². The van der Waals surface area contributed by atoms with Crippen molar-refractivity contribution in [3.8, 4) is 6.07 Å². The van der Waals surface area contributed by atoms with Gasteiger partial charge in [0.05, 0.1) is 10.6 Å². The Morgan fingerprint density at radius 2 is 2.31 bits per heavy atom. The Labute approximate surface area is 102 Å². The van der Waals surface area contributed by atoms with Crippen molar-refractivity contribution in [3.63, 3.8) is 0 Å².